The molecule has 0 saturated heterocycles. The largest absolute Gasteiger partial charge is 0.309 e. The number of rotatable bonds is 18. The van der Waals surface area contributed by atoms with E-state index in [4.69, 9.17) is 0 Å². The van der Waals surface area contributed by atoms with Gasteiger partial charge < -0.3 is 18.3 Å². The Balaban J connectivity index is 0.000000146. The van der Waals surface area contributed by atoms with Crippen LogP contribution in [-0.2, 0) is 0 Å². The lowest BCUT2D eigenvalue weighted by molar-refractivity contribution is 1.18. The minimum atomic E-state index is 1.14. The van der Waals surface area contributed by atoms with Gasteiger partial charge in [-0.25, -0.2) is 0 Å². The predicted octanol–water partition coefficient (Wildman–Crippen LogP) is 39.1. The fourth-order valence-electron chi connectivity index (χ4n) is 22.6. The maximum absolute atomic E-state index is 2.45. The average molecular weight is 1880 g/mol. The van der Waals surface area contributed by atoms with Crippen LogP contribution in [0.1, 0.15) is 0 Å². The molecule has 28 aromatic rings. The van der Waals surface area contributed by atoms with Crippen molar-refractivity contribution < 1.29 is 0 Å². The van der Waals surface area contributed by atoms with Crippen molar-refractivity contribution >= 4 is 87.2 Å². The number of nitrogens with zero attached hydrogens (tertiary/aromatic N) is 4. The van der Waals surface area contributed by atoms with E-state index < -0.39 is 0 Å². The maximum Gasteiger partial charge on any atom is 0.0541 e. The van der Waals surface area contributed by atoms with Gasteiger partial charge in [-0.2, -0.15) is 0 Å². The van der Waals surface area contributed by atoms with Crippen LogP contribution in [0, 0.1) is 0 Å². The molecule has 0 fully saturated rings. The van der Waals surface area contributed by atoms with Crippen LogP contribution in [0.2, 0.25) is 0 Å². The van der Waals surface area contributed by atoms with Crippen LogP contribution >= 0.6 is 0 Å². The Morgan fingerprint density at radius 1 is 0.0878 bits per heavy atom. The van der Waals surface area contributed by atoms with Crippen molar-refractivity contribution in [3.63, 3.8) is 0 Å². The van der Waals surface area contributed by atoms with E-state index in [1.807, 2.05) is 0 Å². The van der Waals surface area contributed by atoms with Gasteiger partial charge in [0.05, 0.1) is 49.8 Å². The van der Waals surface area contributed by atoms with Crippen LogP contribution < -0.4 is 0 Å². The third-order valence-electron chi connectivity index (χ3n) is 29.9. The average Bonchev–Trinajstić information content (AvgIpc) is 1.59. The van der Waals surface area contributed by atoms with Gasteiger partial charge in [0.15, 0.2) is 0 Å². The minimum absolute atomic E-state index is 1.14. The number of benzene rings is 24. The highest BCUT2D eigenvalue weighted by Gasteiger charge is 2.24. The highest BCUT2D eigenvalue weighted by molar-refractivity contribution is 6.16. The fourth-order valence-corrected chi connectivity index (χ4v) is 22.6. The van der Waals surface area contributed by atoms with Crippen LogP contribution in [0.3, 0.4) is 0 Å². The molecule has 0 amide bonds. The van der Waals surface area contributed by atoms with Crippen LogP contribution in [0.15, 0.2) is 582 Å². The molecule has 28 rings (SSSR count). The smallest absolute Gasteiger partial charge is 0.0541 e. The molecular weight excluding hydrogens is 1790 g/mol. The van der Waals surface area contributed by atoms with Crippen LogP contribution in [0.25, 0.3) is 266 Å². The number of hydrogen-bond donors (Lipinski definition) is 0. The molecule has 4 heterocycles. The third kappa shape index (κ3) is 16.2. The monoisotopic (exact) mass is 1880 g/mol. The quantitative estimate of drug-likeness (QED) is 0.0816. The standard InChI is InChI=1S/2C72H48N2/c1-3-16-49(17-4-1)51-32-34-52(35-33-51)55-20-13-22-57(44-55)58-23-14-21-56(45-58)53-36-38-54(39-37-53)63-26-7-10-29-68(63)74-70-31-12-9-28-65(70)67-48-61(41-43-72(67)74)60-40-42-71-66(47-60)64-27-8-11-30-69(64)73(71)62-25-15-24-59(46-62)50-18-5-2-6-19-50;1-3-17-49(18-4-1)56-24-15-27-61(45-56)73-69-33-11-9-31-65(69)67-47-58(39-41-71(67)73)59-40-42-72-68(48-59)66-32-10-12-34-70(66)74(72)62-28-16-25-57(46-62)51-37-35-50(36-38-51)53-21-13-22-54(43-53)55-23-14-26-60(44-55)64-30-8-7-29-63(64)52-19-5-2-6-20-52/h2*1-48H. The van der Waals surface area contributed by atoms with Gasteiger partial charge in [0.25, 0.3) is 0 Å². The molecule has 0 atom stereocenters. The first-order chi connectivity index (χ1) is 73.4. The summed E-state index contributed by atoms with van der Waals surface area (Å²) in [7, 11) is 0. The van der Waals surface area contributed by atoms with Crippen molar-refractivity contribution in [1.82, 2.24) is 18.3 Å². The SMILES string of the molecule is c1ccc(-c2ccc(-c3cccc(-c4cccc(-c5ccc(-c6ccccc6-n6c7ccccc7c7cc(-c8ccc9c(c8)c8ccccc8n9-c8cccc(-c9ccccc9)c8)ccc76)cc5)c4)c3)cc2)cc1.c1ccc(-c2cccc(-n3c4ccccc4c4cc(-c5ccc6c(c5)c5ccccc5n6-c5cccc(-c6ccc(-c7cccc(-c8cccc(-c9ccccc9-c9ccccc9)c8)c7)cc6)c5)ccc43)c2)cc1. The zero-order valence-electron chi connectivity index (χ0n) is 81.2. The zero-order valence-corrected chi connectivity index (χ0v) is 81.2. The van der Waals surface area contributed by atoms with Crippen molar-refractivity contribution in [3.05, 3.63) is 582 Å². The molecule has 0 bridgehead atoms. The van der Waals surface area contributed by atoms with E-state index >= 15 is 0 Å². The van der Waals surface area contributed by atoms with Crippen LogP contribution in [0.4, 0.5) is 0 Å². The molecule has 692 valence electrons. The molecule has 4 heteroatoms. The molecule has 0 aliphatic carbocycles. The molecule has 0 aliphatic heterocycles. The Kier molecular flexibility index (Phi) is 22.3. The van der Waals surface area contributed by atoms with E-state index in [0.29, 0.717) is 0 Å². The van der Waals surface area contributed by atoms with Crippen molar-refractivity contribution in [2.24, 2.45) is 0 Å². The number of fused-ring (bicyclic) bond motifs is 12. The van der Waals surface area contributed by atoms with Crippen molar-refractivity contribution in [3.8, 4) is 179 Å². The van der Waals surface area contributed by atoms with Gasteiger partial charge in [0.1, 0.15) is 0 Å². The normalized spacial score (nSPS) is 11.5. The van der Waals surface area contributed by atoms with E-state index in [-0.39, 0.29) is 0 Å². The number of hydrogen-bond acceptors (Lipinski definition) is 0. The van der Waals surface area contributed by atoms with Gasteiger partial charge in [0.2, 0.25) is 0 Å². The summed E-state index contributed by atoms with van der Waals surface area (Å²) in [6.45, 7) is 0. The Morgan fingerprint density at radius 2 is 0.270 bits per heavy atom. The van der Waals surface area contributed by atoms with Gasteiger partial charge in [-0.15, -0.1) is 0 Å². The van der Waals surface area contributed by atoms with Gasteiger partial charge in [-0.1, -0.05) is 443 Å². The molecule has 4 nitrogen and oxygen atoms in total. The molecule has 0 unspecified atom stereocenters. The second-order valence-corrected chi connectivity index (χ2v) is 38.6. The Labute approximate surface area is 860 Å². The lowest BCUT2D eigenvalue weighted by Crippen LogP contribution is -1.97. The van der Waals surface area contributed by atoms with Crippen molar-refractivity contribution in [2.45, 2.75) is 0 Å². The van der Waals surface area contributed by atoms with Gasteiger partial charge in [-0.3, -0.25) is 0 Å². The van der Waals surface area contributed by atoms with E-state index in [1.165, 1.54) is 243 Å². The van der Waals surface area contributed by atoms with Crippen LogP contribution in [0.5, 0.6) is 0 Å². The predicted molar refractivity (Wildman–Crippen MR) is 626 cm³/mol. The summed E-state index contributed by atoms with van der Waals surface area (Å²) in [5.74, 6) is 0. The minimum Gasteiger partial charge on any atom is -0.309 e. The van der Waals surface area contributed by atoms with Crippen molar-refractivity contribution in [2.75, 3.05) is 0 Å². The number of aromatic nitrogens is 4. The molecule has 0 N–H and O–H groups in total. The summed E-state index contributed by atoms with van der Waals surface area (Å²) >= 11 is 0. The zero-order chi connectivity index (χ0) is 97.9. The highest BCUT2D eigenvalue weighted by atomic mass is 15.0. The van der Waals surface area contributed by atoms with Crippen molar-refractivity contribution in [1.29, 1.82) is 0 Å². The lowest BCUT2D eigenvalue weighted by atomic mass is 9.92. The summed E-state index contributed by atoms with van der Waals surface area (Å²) in [6.07, 6.45) is 0. The van der Waals surface area contributed by atoms with Gasteiger partial charge >= 0.3 is 0 Å². The second kappa shape index (κ2) is 37.7. The Morgan fingerprint density at radius 3 is 0.608 bits per heavy atom. The first-order valence-electron chi connectivity index (χ1n) is 51.0. The summed E-state index contributed by atoms with van der Waals surface area (Å²) in [6, 6.07) is 213. The summed E-state index contributed by atoms with van der Waals surface area (Å²) in [4.78, 5) is 0. The summed E-state index contributed by atoms with van der Waals surface area (Å²) in [5, 5.41) is 9.91. The van der Waals surface area contributed by atoms with Crippen LogP contribution in [-0.4, -0.2) is 18.3 Å². The highest BCUT2D eigenvalue weighted by Crippen LogP contribution is 2.47. The molecule has 24 aromatic carbocycles. The summed E-state index contributed by atoms with van der Waals surface area (Å²) in [5.41, 5.74) is 47.8. The van der Waals surface area contributed by atoms with E-state index in [0.717, 1.165) is 22.7 Å². The van der Waals surface area contributed by atoms with E-state index in [9.17, 15) is 0 Å². The summed E-state index contributed by atoms with van der Waals surface area (Å²) < 4.78 is 9.70. The Hall–Kier alpha value is -19.5. The van der Waals surface area contributed by atoms with E-state index in [2.05, 4.69) is 601 Å². The van der Waals surface area contributed by atoms with Gasteiger partial charge in [-0.05, 0) is 290 Å². The molecule has 0 saturated carbocycles. The first-order valence-corrected chi connectivity index (χ1v) is 51.0. The Bertz CT molecular complexity index is 9930. The maximum atomic E-state index is 2.45. The molecule has 4 aromatic heterocycles. The molecule has 0 aliphatic rings. The lowest BCUT2D eigenvalue weighted by Gasteiger charge is -2.15. The number of para-hydroxylation sites is 5. The topological polar surface area (TPSA) is 19.7 Å². The first kappa shape index (κ1) is 87.5. The molecule has 148 heavy (non-hydrogen) atoms. The second-order valence-electron chi connectivity index (χ2n) is 38.6. The molecular formula is C144H96N4. The molecule has 0 radical (unpaired) electrons. The third-order valence-corrected chi connectivity index (χ3v) is 29.9. The van der Waals surface area contributed by atoms with Gasteiger partial charge in [0, 0.05) is 65.7 Å². The fraction of sp³-hybridized carbons (Fsp3) is 0. The molecule has 0 spiro atoms. The van der Waals surface area contributed by atoms with E-state index in [1.54, 1.807) is 0 Å².